The first-order chi connectivity index (χ1) is 9.61. The lowest BCUT2D eigenvalue weighted by Gasteiger charge is -2.29. The lowest BCUT2D eigenvalue weighted by atomic mass is 9.84. The highest BCUT2D eigenvalue weighted by molar-refractivity contribution is 5.92. The molecule has 1 unspecified atom stereocenters. The van der Waals surface area contributed by atoms with Crippen molar-refractivity contribution >= 4 is 18.3 Å². The minimum atomic E-state index is -0.262. The van der Waals surface area contributed by atoms with Gasteiger partial charge in [-0.3, -0.25) is 9.59 Å². The summed E-state index contributed by atoms with van der Waals surface area (Å²) in [5.41, 5.74) is 5.81. The van der Waals surface area contributed by atoms with Gasteiger partial charge in [-0.2, -0.15) is 5.10 Å². The van der Waals surface area contributed by atoms with Gasteiger partial charge in [-0.1, -0.05) is 19.3 Å². The molecule has 1 fully saturated rings. The van der Waals surface area contributed by atoms with Crippen molar-refractivity contribution in [3.05, 3.63) is 28.2 Å². The van der Waals surface area contributed by atoms with E-state index in [1.165, 1.54) is 38.4 Å². The Kier molecular flexibility index (Phi) is 6.84. The Labute approximate surface area is 130 Å². The Morgan fingerprint density at radius 1 is 1.43 bits per heavy atom. The van der Waals surface area contributed by atoms with Crippen molar-refractivity contribution in [1.82, 2.24) is 15.1 Å². The number of carbonyl (C=O) groups is 1. The summed E-state index contributed by atoms with van der Waals surface area (Å²) in [7, 11) is 1.53. The van der Waals surface area contributed by atoms with E-state index in [-0.39, 0.29) is 35.6 Å². The van der Waals surface area contributed by atoms with Crippen molar-refractivity contribution < 1.29 is 4.79 Å². The van der Waals surface area contributed by atoms with E-state index in [0.717, 1.165) is 17.5 Å². The zero-order valence-corrected chi connectivity index (χ0v) is 13.1. The van der Waals surface area contributed by atoms with Crippen LogP contribution in [0.2, 0.25) is 0 Å². The molecule has 1 amide bonds. The molecule has 0 bridgehead atoms. The number of hydrogen-bond donors (Lipinski definition) is 2. The highest BCUT2D eigenvalue weighted by Gasteiger charge is 2.24. The first-order valence-electron chi connectivity index (χ1n) is 7.17. The quantitative estimate of drug-likeness (QED) is 0.861. The maximum absolute atomic E-state index is 12.2. The third kappa shape index (κ3) is 4.54. The van der Waals surface area contributed by atoms with Crippen molar-refractivity contribution in [2.75, 3.05) is 6.54 Å². The number of aryl methyl sites for hydroxylation is 1. The predicted molar refractivity (Wildman–Crippen MR) is 83.6 cm³/mol. The maximum Gasteiger partial charge on any atom is 0.271 e. The van der Waals surface area contributed by atoms with Crippen LogP contribution in [0.1, 0.15) is 42.6 Å². The average molecular weight is 315 g/mol. The smallest absolute Gasteiger partial charge is 0.271 e. The van der Waals surface area contributed by atoms with Crippen LogP contribution in [-0.2, 0) is 7.05 Å². The topological polar surface area (TPSA) is 90.0 Å². The molecular formula is C14H23ClN4O2. The molecule has 1 heterocycles. The Bertz CT molecular complexity index is 526. The van der Waals surface area contributed by atoms with Gasteiger partial charge >= 0.3 is 0 Å². The summed E-state index contributed by atoms with van der Waals surface area (Å²) in [6, 6.07) is 2.79. The van der Waals surface area contributed by atoms with E-state index in [1.54, 1.807) is 0 Å². The van der Waals surface area contributed by atoms with Crippen LogP contribution < -0.4 is 16.6 Å². The summed E-state index contributed by atoms with van der Waals surface area (Å²) in [6.07, 6.45) is 5.90. The predicted octanol–water partition coefficient (Wildman–Crippen LogP) is 0.839. The molecule has 7 heteroatoms. The first kappa shape index (κ1) is 17.7. The molecule has 1 atom stereocenters. The Hall–Kier alpha value is -1.40. The highest BCUT2D eigenvalue weighted by Crippen LogP contribution is 2.26. The summed E-state index contributed by atoms with van der Waals surface area (Å²) >= 11 is 0. The van der Waals surface area contributed by atoms with E-state index in [9.17, 15) is 9.59 Å². The number of rotatable bonds is 4. The van der Waals surface area contributed by atoms with Crippen LogP contribution in [0, 0.1) is 5.92 Å². The fraction of sp³-hybridized carbons (Fsp3) is 0.643. The van der Waals surface area contributed by atoms with E-state index >= 15 is 0 Å². The van der Waals surface area contributed by atoms with Crippen molar-refractivity contribution in [1.29, 1.82) is 0 Å². The fourth-order valence-electron chi connectivity index (χ4n) is 2.77. The van der Waals surface area contributed by atoms with Gasteiger partial charge in [0.05, 0.1) is 0 Å². The van der Waals surface area contributed by atoms with Crippen LogP contribution in [0.3, 0.4) is 0 Å². The highest BCUT2D eigenvalue weighted by atomic mass is 35.5. The zero-order valence-electron chi connectivity index (χ0n) is 12.2. The molecule has 0 aliphatic heterocycles. The summed E-state index contributed by atoms with van der Waals surface area (Å²) in [4.78, 5) is 23.4. The van der Waals surface area contributed by atoms with Crippen LogP contribution in [0.25, 0.3) is 0 Å². The Balaban J connectivity index is 0.00000220. The molecule has 1 aromatic rings. The van der Waals surface area contributed by atoms with Crippen molar-refractivity contribution in [3.63, 3.8) is 0 Å². The lowest BCUT2D eigenvalue weighted by molar-refractivity contribution is 0.0908. The van der Waals surface area contributed by atoms with Gasteiger partial charge in [0.1, 0.15) is 5.69 Å². The monoisotopic (exact) mass is 314 g/mol. The minimum Gasteiger partial charge on any atom is -0.346 e. The molecule has 0 spiro atoms. The van der Waals surface area contributed by atoms with Gasteiger partial charge in [0.15, 0.2) is 0 Å². The van der Waals surface area contributed by atoms with Crippen LogP contribution in [-0.4, -0.2) is 28.3 Å². The Morgan fingerprint density at radius 2 is 2.10 bits per heavy atom. The van der Waals surface area contributed by atoms with Crippen molar-refractivity contribution in [2.24, 2.45) is 18.7 Å². The molecule has 0 radical (unpaired) electrons. The first-order valence-corrected chi connectivity index (χ1v) is 7.17. The van der Waals surface area contributed by atoms with E-state index < -0.39 is 0 Å². The molecule has 1 saturated carbocycles. The van der Waals surface area contributed by atoms with Crippen LogP contribution in [0.15, 0.2) is 16.9 Å². The fourth-order valence-corrected chi connectivity index (χ4v) is 2.77. The minimum absolute atomic E-state index is 0. The average Bonchev–Trinajstić information content (AvgIpc) is 2.48. The number of hydrogen-bond acceptors (Lipinski definition) is 4. The molecule has 0 aromatic carbocycles. The molecule has 1 aliphatic rings. The maximum atomic E-state index is 12.2. The number of nitrogens with zero attached hydrogens (tertiary/aromatic N) is 2. The number of carbonyl (C=O) groups excluding carboxylic acids is 1. The van der Waals surface area contributed by atoms with Crippen molar-refractivity contribution in [2.45, 2.75) is 38.1 Å². The SMILES string of the molecule is Cl.Cn1nc(C(=O)NC(CN)C2CCCCC2)ccc1=O. The molecule has 21 heavy (non-hydrogen) atoms. The Morgan fingerprint density at radius 3 is 2.67 bits per heavy atom. The second-order valence-corrected chi connectivity index (χ2v) is 5.39. The molecule has 6 nitrogen and oxygen atoms in total. The largest absolute Gasteiger partial charge is 0.346 e. The van der Waals surface area contributed by atoms with Crippen LogP contribution in [0.5, 0.6) is 0 Å². The zero-order chi connectivity index (χ0) is 14.5. The van der Waals surface area contributed by atoms with Crippen molar-refractivity contribution in [3.8, 4) is 0 Å². The second-order valence-electron chi connectivity index (χ2n) is 5.39. The van der Waals surface area contributed by atoms with E-state index in [4.69, 9.17) is 5.73 Å². The molecular weight excluding hydrogens is 292 g/mol. The number of nitrogens with one attached hydrogen (secondary N) is 1. The normalized spacial score (nSPS) is 16.9. The molecule has 118 valence electrons. The lowest BCUT2D eigenvalue weighted by Crippen LogP contribution is -2.46. The summed E-state index contributed by atoms with van der Waals surface area (Å²) in [5, 5.41) is 6.91. The molecule has 2 rings (SSSR count). The third-order valence-corrected chi connectivity index (χ3v) is 3.98. The van der Waals surface area contributed by atoms with Gasteiger partial charge in [0.25, 0.3) is 11.5 Å². The van der Waals surface area contributed by atoms with Crippen LogP contribution >= 0.6 is 12.4 Å². The van der Waals surface area contributed by atoms with E-state index in [1.807, 2.05) is 0 Å². The van der Waals surface area contributed by atoms with Gasteiger partial charge in [-0.25, -0.2) is 4.68 Å². The van der Waals surface area contributed by atoms with Gasteiger partial charge in [-0.05, 0) is 24.8 Å². The number of nitrogens with two attached hydrogens (primary N) is 1. The summed E-state index contributed by atoms with van der Waals surface area (Å²) in [5.74, 6) is 0.187. The molecule has 3 N–H and O–H groups in total. The van der Waals surface area contributed by atoms with Gasteiger partial charge in [0, 0.05) is 25.7 Å². The summed E-state index contributed by atoms with van der Waals surface area (Å²) < 4.78 is 1.16. The third-order valence-electron chi connectivity index (χ3n) is 3.98. The van der Waals surface area contributed by atoms with Gasteiger partial charge in [0.2, 0.25) is 0 Å². The van der Waals surface area contributed by atoms with Gasteiger partial charge in [-0.15, -0.1) is 12.4 Å². The molecule has 1 aliphatic carbocycles. The number of halogens is 1. The van der Waals surface area contributed by atoms with Gasteiger partial charge < -0.3 is 11.1 Å². The standard InChI is InChI=1S/C14H22N4O2.ClH/c1-18-13(19)8-7-11(17-18)14(20)16-12(9-15)10-5-3-2-4-6-10;/h7-8,10,12H,2-6,9,15H2,1H3,(H,16,20);1H. The second kappa shape index (κ2) is 8.14. The number of aromatic nitrogens is 2. The summed E-state index contributed by atoms with van der Waals surface area (Å²) in [6.45, 7) is 0.433. The molecule has 0 saturated heterocycles. The van der Waals surface area contributed by atoms with E-state index in [2.05, 4.69) is 10.4 Å². The van der Waals surface area contributed by atoms with E-state index in [0.29, 0.717) is 12.5 Å². The number of amides is 1. The molecule has 1 aromatic heterocycles. The van der Waals surface area contributed by atoms with Crippen LogP contribution in [0.4, 0.5) is 0 Å².